The van der Waals surface area contributed by atoms with Crippen LogP contribution in [0.15, 0.2) is 54.7 Å². The van der Waals surface area contributed by atoms with E-state index in [1.807, 2.05) is 0 Å². The molecule has 0 saturated carbocycles. The summed E-state index contributed by atoms with van der Waals surface area (Å²) in [6.07, 6.45) is -3.39. The van der Waals surface area contributed by atoms with Crippen LogP contribution in [0.5, 0.6) is 0 Å². The summed E-state index contributed by atoms with van der Waals surface area (Å²) in [6.45, 7) is 1.41. The highest BCUT2D eigenvalue weighted by molar-refractivity contribution is 6.04. The maximum atomic E-state index is 13.6. The van der Waals surface area contributed by atoms with E-state index in [0.29, 0.717) is 27.8 Å². The van der Waals surface area contributed by atoms with Gasteiger partial charge >= 0.3 is 12.1 Å². The Kier molecular flexibility index (Phi) is 6.19. The summed E-state index contributed by atoms with van der Waals surface area (Å²) in [5, 5.41) is 6.30. The summed E-state index contributed by atoms with van der Waals surface area (Å²) in [6, 6.07) is 11.4. The molecule has 0 aliphatic rings. The first-order valence-electron chi connectivity index (χ1n) is 9.04. The van der Waals surface area contributed by atoms with Gasteiger partial charge in [0.05, 0.1) is 18.5 Å². The van der Waals surface area contributed by atoms with Crippen molar-refractivity contribution >= 4 is 23.9 Å². The van der Waals surface area contributed by atoms with Crippen molar-refractivity contribution in [1.82, 2.24) is 9.78 Å². The molecule has 1 amide bonds. The van der Waals surface area contributed by atoms with E-state index in [9.17, 15) is 27.6 Å². The summed E-state index contributed by atoms with van der Waals surface area (Å²) in [4.78, 5) is 34.8. The predicted molar refractivity (Wildman–Crippen MR) is 104 cm³/mol. The van der Waals surface area contributed by atoms with E-state index < -0.39 is 29.3 Å². The van der Waals surface area contributed by atoms with Crippen LogP contribution in [0.4, 0.5) is 18.9 Å². The number of amides is 1. The number of rotatable bonds is 6. The standard InChI is InChI=1S/C21H16F3N3O4/c1-2-31-20(30)17-11-25-27(18(17)21(22,23)24)16-9-7-15(8-10-16)26-19(29)14-5-3-13(12-28)4-6-14/h3-12H,2H2,1H3,(H,26,29). The van der Waals surface area contributed by atoms with Gasteiger partial charge in [0.15, 0.2) is 5.69 Å². The Labute approximate surface area is 174 Å². The number of halogens is 3. The molecule has 0 bridgehead atoms. The lowest BCUT2D eigenvalue weighted by atomic mass is 10.1. The van der Waals surface area contributed by atoms with Crippen LogP contribution in [0, 0.1) is 0 Å². The molecule has 1 aromatic heterocycles. The molecule has 1 N–H and O–H groups in total. The average molecular weight is 431 g/mol. The molecule has 1 heterocycles. The molecule has 7 nitrogen and oxygen atoms in total. The van der Waals surface area contributed by atoms with Gasteiger partial charge in [-0.1, -0.05) is 12.1 Å². The summed E-state index contributed by atoms with van der Waals surface area (Å²) in [5.41, 5.74) is -0.845. The zero-order valence-corrected chi connectivity index (χ0v) is 16.1. The quantitative estimate of drug-likeness (QED) is 0.468. The Hall–Kier alpha value is -3.95. The Morgan fingerprint density at radius 3 is 2.29 bits per heavy atom. The van der Waals surface area contributed by atoms with Crippen molar-refractivity contribution < 1.29 is 32.3 Å². The third kappa shape index (κ3) is 4.80. The molecule has 3 rings (SSSR count). The van der Waals surface area contributed by atoms with Crippen molar-refractivity contribution in [3.05, 3.63) is 77.1 Å². The highest BCUT2D eigenvalue weighted by Crippen LogP contribution is 2.34. The zero-order chi connectivity index (χ0) is 22.6. The van der Waals surface area contributed by atoms with Gasteiger partial charge in [-0.05, 0) is 43.3 Å². The van der Waals surface area contributed by atoms with E-state index in [1.54, 1.807) is 0 Å². The molecule has 0 saturated heterocycles. The van der Waals surface area contributed by atoms with Crippen molar-refractivity contribution in [3.63, 3.8) is 0 Å². The Balaban J connectivity index is 1.85. The number of esters is 1. The molecule has 0 spiro atoms. The minimum Gasteiger partial charge on any atom is -0.462 e. The smallest absolute Gasteiger partial charge is 0.434 e. The topological polar surface area (TPSA) is 90.3 Å². The fourth-order valence-electron chi connectivity index (χ4n) is 2.78. The zero-order valence-electron chi connectivity index (χ0n) is 16.1. The van der Waals surface area contributed by atoms with Gasteiger partial charge in [0.2, 0.25) is 0 Å². The molecule has 2 aromatic carbocycles. The van der Waals surface area contributed by atoms with E-state index in [1.165, 1.54) is 55.5 Å². The third-order valence-corrected chi connectivity index (χ3v) is 4.21. The Morgan fingerprint density at radius 1 is 1.10 bits per heavy atom. The number of aldehydes is 1. The van der Waals surface area contributed by atoms with Gasteiger partial charge in [0, 0.05) is 16.8 Å². The van der Waals surface area contributed by atoms with Crippen molar-refractivity contribution in [3.8, 4) is 5.69 Å². The van der Waals surface area contributed by atoms with Crippen LogP contribution >= 0.6 is 0 Å². The van der Waals surface area contributed by atoms with Gasteiger partial charge in [-0.15, -0.1) is 0 Å². The lowest BCUT2D eigenvalue weighted by Gasteiger charge is -2.13. The normalized spacial score (nSPS) is 11.1. The summed E-state index contributed by atoms with van der Waals surface area (Å²) >= 11 is 0. The second kappa shape index (κ2) is 8.82. The molecule has 160 valence electrons. The number of carbonyl (C=O) groups excluding carboxylic acids is 3. The van der Waals surface area contributed by atoms with Crippen LogP contribution in [0.25, 0.3) is 5.69 Å². The molecular weight excluding hydrogens is 415 g/mol. The number of nitrogens with one attached hydrogen (secondary N) is 1. The van der Waals surface area contributed by atoms with Crippen LogP contribution in [-0.2, 0) is 10.9 Å². The van der Waals surface area contributed by atoms with Gasteiger partial charge in [0.1, 0.15) is 11.8 Å². The van der Waals surface area contributed by atoms with E-state index >= 15 is 0 Å². The fraction of sp³-hybridized carbons (Fsp3) is 0.143. The van der Waals surface area contributed by atoms with E-state index in [4.69, 9.17) is 0 Å². The highest BCUT2D eigenvalue weighted by atomic mass is 19.4. The fourth-order valence-corrected chi connectivity index (χ4v) is 2.78. The van der Waals surface area contributed by atoms with Gasteiger partial charge in [-0.2, -0.15) is 18.3 Å². The number of hydrogen-bond donors (Lipinski definition) is 1. The van der Waals surface area contributed by atoms with Crippen LogP contribution < -0.4 is 5.32 Å². The molecule has 31 heavy (non-hydrogen) atoms. The molecule has 0 atom stereocenters. The highest BCUT2D eigenvalue weighted by Gasteiger charge is 2.41. The predicted octanol–water partition coefficient (Wildman–Crippen LogP) is 4.13. The largest absolute Gasteiger partial charge is 0.462 e. The van der Waals surface area contributed by atoms with Gasteiger partial charge in [-0.25, -0.2) is 9.48 Å². The first-order chi connectivity index (χ1) is 14.7. The molecule has 0 aliphatic carbocycles. The van der Waals surface area contributed by atoms with Gasteiger partial charge in [-0.3, -0.25) is 9.59 Å². The van der Waals surface area contributed by atoms with Crippen LogP contribution in [0.2, 0.25) is 0 Å². The van der Waals surface area contributed by atoms with Crippen molar-refractivity contribution in [2.75, 3.05) is 11.9 Å². The molecule has 10 heteroatoms. The first kappa shape index (κ1) is 21.8. The number of benzene rings is 2. The van der Waals surface area contributed by atoms with Gasteiger partial charge < -0.3 is 10.1 Å². The third-order valence-electron chi connectivity index (χ3n) is 4.21. The van der Waals surface area contributed by atoms with Crippen LogP contribution in [0.1, 0.15) is 43.7 Å². The summed E-state index contributed by atoms with van der Waals surface area (Å²) < 4.78 is 46.0. The molecule has 0 fully saturated rings. The summed E-state index contributed by atoms with van der Waals surface area (Å²) in [5.74, 6) is -1.57. The first-order valence-corrected chi connectivity index (χ1v) is 9.04. The minimum absolute atomic E-state index is 0.0382. The number of carbonyl (C=O) groups is 3. The van der Waals surface area contributed by atoms with Crippen LogP contribution in [-0.4, -0.2) is 34.6 Å². The molecule has 0 radical (unpaired) electrons. The summed E-state index contributed by atoms with van der Waals surface area (Å²) in [7, 11) is 0. The molecule has 0 aliphatic heterocycles. The Morgan fingerprint density at radius 2 is 1.74 bits per heavy atom. The number of anilines is 1. The van der Waals surface area contributed by atoms with E-state index in [-0.39, 0.29) is 12.3 Å². The SMILES string of the molecule is CCOC(=O)c1cnn(-c2ccc(NC(=O)c3ccc(C=O)cc3)cc2)c1C(F)(F)F. The van der Waals surface area contributed by atoms with Crippen molar-refractivity contribution in [2.45, 2.75) is 13.1 Å². The number of alkyl halides is 3. The lowest BCUT2D eigenvalue weighted by molar-refractivity contribution is -0.143. The second-order valence-electron chi connectivity index (χ2n) is 6.28. The number of aromatic nitrogens is 2. The number of hydrogen-bond acceptors (Lipinski definition) is 5. The number of ether oxygens (including phenoxy) is 1. The van der Waals surface area contributed by atoms with Gasteiger partial charge in [0.25, 0.3) is 5.91 Å². The van der Waals surface area contributed by atoms with Crippen molar-refractivity contribution in [1.29, 1.82) is 0 Å². The van der Waals surface area contributed by atoms with E-state index in [0.717, 1.165) is 6.20 Å². The van der Waals surface area contributed by atoms with E-state index in [2.05, 4.69) is 15.2 Å². The maximum Gasteiger partial charge on any atom is 0.434 e. The molecule has 0 unspecified atom stereocenters. The second-order valence-corrected chi connectivity index (χ2v) is 6.28. The lowest BCUT2D eigenvalue weighted by Crippen LogP contribution is -2.18. The molecular formula is C21H16F3N3O4. The maximum absolute atomic E-state index is 13.6. The monoisotopic (exact) mass is 431 g/mol. The minimum atomic E-state index is -4.85. The van der Waals surface area contributed by atoms with Crippen LogP contribution in [0.3, 0.4) is 0 Å². The molecule has 3 aromatic rings. The van der Waals surface area contributed by atoms with Crippen molar-refractivity contribution in [2.24, 2.45) is 0 Å². The average Bonchev–Trinajstić information content (AvgIpc) is 3.20. The number of nitrogens with zero attached hydrogens (tertiary/aromatic N) is 2. The Bertz CT molecular complexity index is 1100.